The van der Waals surface area contributed by atoms with E-state index in [-0.39, 0.29) is 6.42 Å². The summed E-state index contributed by atoms with van der Waals surface area (Å²) in [7, 11) is 0. The summed E-state index contributed by atoms with van der Waals surface area (Å²) in [5.41, 5.74) is 5.25. The maximum absolute atomic E-state index is 9.16. The van der Waals surface area contributed by atoms with Crippen LogP contribution in [0.2, 0.25) is 0 Å². The molecule has 0 amide bonds. The van der Waals surface area contributed by atoms with E-state index < -0.39 is 30.4 Å². The van der Waals surface area contributed by atoms with Crippen molar-refractivity contribution in [3.8, 4) is 0 Å². The zero-order valence-corrected chi connectivity index (χ0v) is 5.88. The molecule has 1 aliphatic carbocycles. The summed E-state index contributed by atoms with van der Waals surface area (Å²) < 4.78 is 7.28. The third-order valence-corrected chi connectivity index (χ3v) is 1.89. The van der Waals surface area contributed by atoms with Crippen LogP contribution in [0.5, 0.6) is 0 Å². The molecule has 0 aromatic carbocycles. The first-order valence-electron chi connectivity index (χ1n) is 3.87. The van der Waals surface area contributed by atoms with Gasteiger partial charge in [-0.15, -0.1) is 0 Å². The maximum Gasteiger partial charge on any atom is 0.110 e. The molecule has 5 heteroatoms. The third kappa shape index (κ3) is 1.52. The standard InChI is InChI=1S/C6H13NO4/c7-2-1-3(8)5(10)6(11)4(2)9/h2-6,8-11H,1,7H2/t2-,3+,4+,5-,6-/m0/s1/i2D. The Morgan fingerprint density at radius 3 is 2.18 bits per heavy atom. The number of aliphatic hydroxyl groups excluding tert-OH is 4. The van der Waals surface area contributed by atoms with Gasteiger partial charge in [-0.3, -0.25) is 0 Å². The van der Waals surface area contributed by atoms with Gasteiger partial charge in [0.2, 0.25) is 0 Å². The Balaban J connectivity index is 2.78. The van der Waals surface area contributed by atoms with Crippen molar-refractivity contribution in [1.82, 2.24) is 0 Å². The minimum Gasteiger partial charge on any atom is -0.390 e. The van der Waals surface area contributed by atoms with E-state index in [1.165, 1.54) is 0 Å². The quantitative estimate of drug-likeness (QED) is 0.265. The molecule has 1 aliphatic rings. The molecule has 0 unspecified atom stereocenters. The first kappa shape index (κ1) is 7.45. The van der Waals surface area contributed by atoms with Gasteiger partial charge in [0, 0.05) is 7.39 Å². The predicted octanol–water partition coefficient (Wildman–Crippen LogP) is -2.84. The molecular formula is C6H13NO4. The molecule has 0 heterocycles. The second kappa shape index (κ2) is 3.04. The molecule has 5 atom stereocenters. The SMILES string of the molecule is [2H][C@]1(N)C[C@@H](O)[C@H](O)[C@@H](O)[C@@H]1O. The van der Waals surface area contributed by atoms with Gasteiger partial charge in [0.05, 0.1) is 12.2 Å². The Labute approximate surface area is 65.5 Å². The van der Waals surface area contributed by atoms with Gasteiger partial charge in [-0.25, -0.2) is 0 Å². The summed E-state index contributed by atoms with van der Waals surface area (Å²) in [5.74, 6) is 0. The summed E-state index contributed by atoms with van der Waals surface area (Å²) in [6.45, 7) is 0. The summed E-state index contributed by atoms with van der Waals surface area (Å²) in [6.07, 6.45) is -6.04. The molecule has 5 nitrogen and oxygen atoms in total. The average molecular weight is 164 g/mol. The van der Waals surface area contributed by atoms with Crippen molar-refractivity contribution in [2.24, 2.45) is 5.73 Å². The highest BCUT2D eigenvalue weighted by Gasteiger charge is 2.40. The average Bonchev–Trinajstić information content (AvgIpc) is 1.97. The zero-order valence-electron chi connectivity index (χ0n) is 6.88. The first-order chi connectivity index (χ1) is 5.36. The smallest absolute Gasteiger partial charge is 0.110 e. The maximum atomic E-state index is 9.16. The Morgan fingerprint density at radius 1 is 1.09 bits per heavy atom. The van der Waals surface area contributed by atoms with E-state index in [0.29, 0.717) is 0 Å². The van der Waals surface area contributed by atoms with E-state index in [4.69, 9.17) is 27.5 Å². The lowest BCUT2D eigenvalue weighted by molar-refractivity contribution is -0.141. The lowest BCUT2D eigenvalue weighted by Crippen LogP contribution is -2.58. The van der Waals surface area contributed by atoms with E-state index >= 15 is 0 Å². The predicted molar refractivity (Wildman–Crippen MR) is 36.6 cm³/mol. The molecule has 0 radical (unpaired) electrons. The molecule has 1 rings (SSSR count). The van der Waals surface area contributed by atoms with Crippen LogP contribution in [-0.4, -0.2) is 50.9 Å². The number of nitrogens with two attached hydrogens (primary N) is 1. The van der Waals surface area contributed by atoms with E-state index in [9.17, 15) is 0 Å². The number of rotatable bonds is 0. The van der Waals surface area contributed by atoms with Crippen molar-refractivity contribution < 1.29 is 21.8 Å². The summed E-state index contributed by atoms with van der Waals surface area (Å²) in [4.78, 5) is 0. The van der Waals surface area contributed by atoms with Gasteiger partial charge in [0.1, 0.15) is 12.2 Å². The van der Waals surface area contributed by atoms with E-state index in [1.54, 1.807) is 0 Å². The highest BCUT2D eigenvalue weighted by Crippen LogP contribution is 2.18. The molecule has 0 bridgehead atoms. The number of hydrogen-bond donors (Lipinski definition) is 5. The molecule has 1 fully saturated rings. The van der Waals surface area contributed by atoms with Gasteiger partial charge in [-0.1, -0.05) is 0 Å². The first-order valence-corrected chi connectivity index (χ1v) is 3.37. The number of aliphatic hydroxyl groups is 4. The van der Waals surface area contributed by atoms with Crippen LogP contribution in [0.25, 0.3) is 0 Å². The normalized spacial score (nSPS) is 60.6. The van der Waals surface area contributed by atoms with Crippen LogP contribution in [0.15, 0.2) is 0 Å². The van der Waals surface area contributed by atoms with E-state index in [1.807, 2.05) is 0 Å². The van der Waals surface area contributed by atoms with Gasteiger partial charge in [-0.05, 0) is 6.42 Å². The van der Waals surface area contributed by atoms with Crippen LogP contribution in [-0.2, 0) is 0 Å². The molecule has 0 spiro atoms. The molecule has 0 saturated heterocycles. The van der Waals surface area contributed by atoms with Gasteiger partial charge in [0.15, 0.2) is 0 Å². The van der Waals surface area contributed by atoms with Gasteiger partial charge in [-0.2, -0.15) is 0 Å². The van der Waals surface area contributed by atoms with Crippen molar-refractivity contribution in [3.05, 3.63) is 0 Å². The van der Waals surface area contributed by atoms with Crippen molar-refractivity contribution >= 4 is 0 Å². The summed E-state index contributed by atoms with van der Waals surface area (Å²) in [5, 5.41) is 36.4. The molecule has 0 aromatic rings. The fraction of sp³-hybridized carbons (Fsp3) is 1.00. The van der Waals surface area contributed by atoms with Crippen LogP contribution in [0.4, 0.5) is 0 Å². The van der Waals surface area contributed by atoms with Gasteiger partial charge < -0.3 is 26.2 Å². The molecule has 6 N–H and O–H groups in total. The third-order valence-electron chi connectivity index (χ3n) is 1.89. The largest absolute Gasteiger partial charge is 0.390 e. The van der Waals surface area contributed by atoms with Crippen molar-refractivity contribution in [1.29, 1.82) is 0 Å². The minimum absolute atomic E-state index is 0.258. The van der Waals surface area contributed by atoms with Crippen LogP contribution < -0.4 is 5.73 Å². The molecule has 66 valence electrons. The fourth-order valence-corrected chi connectivity index (χ4v) is 1.12. The van der Waals surface area contributed by atoms with Crippen LogP contribution in [0, 0.1) is 0 Å². The van der Waals surface area contributed by atoms with Gasteiger partial charge in [0.25, 0.3) is 0 Å². The highest BCUT2D eigenvalue weighted by atomic mass is 16.4. The van der Waals surface area contributed by atoms with Crippen molar-refractivity contribution in [2.75, 3.05) is 0 Å². The molecule has 0 aromatic heterocycles. The highest BCUT2D eigenvalue weighted by molar-refractivity contribution is 4.94. The molecule has 1 saturated carbocycles. The van der Waals surface area contributed by atoms with E-state index in [2.05, 4.69) is 0 Å². The lowest BCUT2D eigenvalue weighted by Gasteiger charge is -2.36. The van der Waals surface area contributed by atoms with Crippen LogP contribution >= 0.6 is 0 Å². The molecule has 11 heavy (non-hydrogen) atoms. The van der Waals surface area contributed by atoms with Gasteiger partial charge >= 0.3 is 0 Å². The summed E-state index contributed by atoms with van der Waals surface area (Å²) >= 11 is 0. The zero-order chi connectivity index (χ0) is 9.52. The Kier molecular flexibility index (Phi) is 2.06. The summed E-state index contributed by atoms with van der Waals surface area (Å²) in [6, 6.07) is -1.79. The fourth-order valence-electron chi connectivity index (χ4n) is 1.12. The van der Waals surface area contributed by atoms with Crippen LogP contribution in [0.3, 0.4) is 0 Å². The monoisotopic (exact) mass is 164 g/mol. The number of hydrogen-bond acceptors (Lipinski definition) is 5. The Morgan fingerprint density at radius 2 is 1.64 bits per heavy atom. The van der Waals surface area contributed by atoms with Crippen LogP contribution in [0.1, 0.15) is 7.79 Å². The second-order valence-electron chi connectivity index (χ2n) is 2.77. The minimum atomic E-state index is -1.79. The van der Waals surface area contributed by atoms with Crippen molar-refractivity contribution in [3.63, 3.8) is 0 Å². The Bertz CT molecular complexity index is 177. The second-order valence-corrected chi connectivity index (χ2v) is 2.77. The van der Waals surface area contributed by atoms with Crippen molar-refractivity contribution in [2.45, 2.75) is 36.9 Å². The molecule has 0 aliphatic heterocycles. The topological polar surface area (TPSA) is 107 Å². The molecular weight excluding hydrogens is 150 g/mol. The van der Waals surface area contributed by atoms with E-state index in [0.717, 1.165) is 0 Å². The Hall–Kier alpha value is -0.200. The lowest BCUT2D eigenvalue weighted by atomic mass is 9.86.